The average molecular weight is 308 g/mol. The molecule has 0 aromatic carbocycles. The van der Waals surface area contributed by atoms with E-state index in [-0.39, 0.29) is 5.91 Å². The first-order chi connectivity index (χ1) is 9.38. The molecular weight excluding hydrogens is 288 g/mol. The maximum Gasteiger partial charge on any atom is 0.265 e. The predicted octanol–water partition coefficient (Wildman–Crippen LogP) is 4.22. The molecular formula is C15H20N2OS2. The van der Waals surface area contributed by atoms with Gasteiger partial charge in [0, 0.05) is 22.7 Å². The van der Waals surface area contributed by atoms with E-state index in [9.17, 15) is 4.79 Å². The third kappa shape index (κ3) is 3.27. The number of nitrogens with zero attached hydrogens (tertiary/aromatic N) is 2. The summed E-state index contributed by atoms with van der Waals surface area (Å²) in [7, 11) is 1.85. The van der Waals surface area contributed by atoms with E-state index in [2.05, 4.69) is 37.9 Å². The topological polar surface area (TPSA) is 33.2 Å². The molecule has 1 amide bonds. The van der Waals surface area contributed by atoms with E-state index in [1.165, 1.54) is 21.1 Å². The number of rotatable bonds is 4. The molecule has 2 heterocycles. The van der Waals surface area contributed by atoms with Crippen molar-refractivity contribution in [3.63, 3.8) is 0 Å². The van der Waals surface area contributed by atoms with Crippen LogP contribution in [0.3, 0.4) is 0 Å². The average Bonchev–Trinajstić information content (AvgIpc) is 2.95. The Morgan fingerprint density at radius 3 is 2.50 bits per heavy atom. The van der Waals surface area contributed by atoms with Crippen molar-refractivity contribution in [3.8, 4) is 0 Å². The second-order valence-electron chi connectivity index (χ2n) is 5.29. The van der Waals surface area contributed by atoms with Crippen LogP contribution in [0.25, 0.3) is 0 Å². The van der Waals surface area contributed by atoms with Gasteiger partial charge in [0.2, 0.25) is 0 Å². The maximum atomic E-state index is 12.5. The molecule has 2 aromatic heterocycles. The van der Waals surface area contributed by atoms with Crippen LogP contribution in [0.5, 0.6) is 0 Å². The monoisotopic (exact) mass is 308 g/mol. The molecule has 0 aliphatic rings. The first kappa shape index (κ1) is 15.2. The van der Waals surface area contributed by atoms with Gasteiger partial charge in [0.1, 0.15) is 4.88 Å². The molecule has 2 aromatic rings. The second kappa shape index (κ2) is 6.06. The van der Waals surface area contributed by atoms with Gasteiger partial charge in [0.05, 0.1) is 17.2 Å². The Morgan fingerprint density at radius 1 is 1.30 bits per heavy atom. The Hall–Kier alpha value is -1.20. The molecule has 0 unspecified atom stereocenters. The van der Waals surface area contributed by atoms with Crippen molar-refractivity contribution < 1.29 is 4.79 Å². The quantitative estimate of drug-likeness (QED) is 0.847. The summed E-state index contributed by atoms with van der Waals surface area (Å²) < 4.78 is 0. The van der Waals surface area contributed by atoms with Gasteiger partial charge in [-0.15, -0.1) is 22.7 Å². The highest BCUT2D eigenvalue weighted by Gasteiger charge is 2.20. The maximum absolute atomic E-state index is 12.5. The van der Waals surface area contributed by atoms with Gasteiger partial charge in [-0.25, -0.2) is 4.98 Å². The van der Waals surface area contributed by atoms with Crippen LogP contribution in [0.4, 0.5) is 0 Å². The predicted molar refractivity (Wildman–Crippen MR) is 85.8 cm³/mol. The number of hydrogen-bond donors (Lipinski definition) is 0. The molecule has 0 saturated carbocycles. The molecule has 2 rings (SSSR count). The number of aromatic nitrogens is 1. The third-order valence-corrected chi connectivity index (χ3v) is 5.47. The summed E-state index contributed by atoms with van der Waals surface area (Å²) in [6.07, 6.45) is 0. The van der Waals surface area contributed by atoms with E-state index in [1.807, 2.05) is 14.0 Å². The van der Waals surface area contributed by atoms with Crippen LogP contribution in [0, 0.1) is 13.8 Å². The Labute approximate surface area is 128 Å². The van der Waals surface area contributed by atoms with E-state index in [1.54, 1.807) is 16.2 Å². The fourth-order valence-corrected chi connectivity index (χ4v) is 3.92. The minimum Gasteiger partial charge on any atom is -0.336 e. The molecule has 0 aliphatic heterocycles. The van der Waals surface area contributed by atoms with Crippen molar-refractivity contribution in [2.75, 3.05) is 7.05 Å². The molecule has 0 atom stereocenters. The van der Waals surface area contributed by atoms with Crippen LogP contribution in [-0.4, -0.2) is 22.8 Å². The smallest absolute Gasteiger partial charge is 0.265 e. The number of thiazole rings is 1. The van der Waals surface area contributed by atoms with Gasteiger partial charge >= 0.3 is 0 Å². The van der Waals surface area contributed by atoms with Gasteiger partial charge in [-0.05, 0) is 26.0 Å². The standard InChI is InChI=1S/C15H20N2OS2/c1-9(2)14-16-11(4)13(20-14)15(18)17(5)8-12-7-6-10(3)19-12/h6-7,9H,8H2,1-5H3. The fourth-order valence-electron chi connectivity index (χ4n) is 1.91. The van der Waals surface area contributed by atoms with Crippen LogP contribution >= 0.6 is 22.7 Å². The number of aryl methyl sites for hydroxylation is 2. The van der Waals surface area contributed by atoms with E-state index in [0.717, 1.165) is 15.6 Å². The van der Waals surface area contributed by atoms with Crippen LogP contribution in [0.15, 0.2) is 12.1 Å². The van der Waals surface area contributed by atoms with E-state index in [4.69, 9.17) is 0 Å². The largest absolute Gasteiger partial charge is 0.336 e. The lowest BCUT2D eigenvalue weighted by Crippen LogP contribution is -2.25. The van der Waals surface area contributed by atoms with E-state index in [0.29, 0.717) is 12.5 Å². The summed E-state index contributed by atoms with van der Waals surface area (Å²) in [5.74, 6) is 0.434. The summed E-state index contributed by atoms with van der Waals surface area (Å²) in [6, 6.07) is 4.18. The molecule has 0 fully saturated rings. The minimum absolute atomic E-state index is 0.0675. The summed E-state index contributed by atoms with van der Waals surface area (Å²) in [5, 5.41) is 1.03. The van der Waals surface area contributed by atoms with Crippen molar-refractivity contribution in [3.05, 3.63) is 37.5 Å². The number of amides is 1. The Balaban J connectivity index is 2.14. The van der Waals surface area contributed by atoms with Crippen LogP contribution in [-0.2, 0) is 6.54 Å². The summed E-state index contributed by atoms with van der Waals surface area (Å²) in [5.41, 5.74) is 0.845. The number of thiophene rings is 1. The molecule has 0 bridgehead atoms. The van der Waals surface area contributed by atoms with Crippen LogP contribution in [0.2, 0.25) is 0 Å². The highest BCUT2D eigenvalue weighted by Crippen LogP contribution is 2.26. The van der Waals surface area contributed by atoms with Gasteiger partial charge in [-0.1, -0.05) is 13.8 Å². The van der Waals surface area contributed by atoms with E-state index < -0.39 is 0 Å². The van der Waals surface area contributed by atoms with Gasteiger partial charge < -0.3 is 4.90 Å². The lowest BCUT2D eigenvalue weighted by molar-refractivity contribution is 0.0790. The zero-order valence-corrected chi connectivity index (χ0v) is 14.2. The van der Waals surface area contributed by atoms with Gasteiger partial charge in [-0.3, -0.25) is 4.79 Å². The lowest BCUT2D eigenvalue weighted by atomic mass is 10.2. The fraction of sp³-hybridized carbons (Fsp3) is 0.467. The molecule has 3 nitrogen and oxygen atoms in total. The summed E-state index contributed by atoms with van der Waals surface area (Å²) in [4.78, 5) is 22.0. The van der Waals surface area contributed by atoms with Gasteiger partial charge in [0.25, 0.3) is 5.91 Å². The zero-order chi connectivity index (χ0) is 14.9. The molecule has 20 heavy (non-hydrogen) atoms. The van der Waals surface area contributed by atoms with Crippen molar-refractivity contribution in [2.24, 2.45) is 0 Å². The molecule has 108 valence electrons. The first-order valence-electron chi connectivity index (χ1n) is 6.66. The number of carbonyl (C=O) groups is 1. The van der Waals surface area contributed by atoms with Crippen LogP contribution in [0.1, 0.15) is 49.9 Å². The third-order valence-electron chi connectivity index (χ3n) is 3.04. The van der Waals surface area contributed by atoms with Crippen LogP contribution < -0.4 is 0 Å². The summed E-state index contributed by atoms with van der Waals surface area (Å²) >= 11 is 3.26. The molecule has 0 spiro atoms. The van der Waals surface area contributed by atoms with Gasteiger partial charge in [-0.2, -0.15) is 0 Å². The first-order valence-corrected chi connectivity index (χ1v) is 8.30. The molecule has 0 saturated heterocycles. The van der Waals surface area contributed by atoms with E-state index >= 15 is 0 Å². The molecule has 5 heteroatoms. The number of hydrogen-bond acceptors (Lipinski definition) is 4. The molecule has 0 radical (unpaired) electrons. The molecule has 0 N–H and O–H groups in total. The Bertz CT molecular complexity index is 613. The second-order valence-corrected chi connectivity index (χ2v) is 7.70. The lowest BCUT2D eigenvalue weighted by Gasteiger charge is -2.15. The Kier molecular flexibility index (Phi) is 4.60. The highest BCUT2D eigenvalue weighted by molar-refractivity contribution is 7.14. The van der Waals surface area contributed by atoms with Crippen molar-refractivity contribution >= 4 is 28.6 Å². The SMILES string of the molecule is Cc1ccc(CN(C)C(=O)c2sc(C(C)C)nc2C)s1. The minimum atomic E-state index is 0.0675. The molecule has 0 aliphatic carbocycles. The van der Waals surface area contributed by atoms with Crippen molar-refractivity contribution in [1.29, 1.82) is 0 Å². The zero-order valence-electron chi connectivity index (χ0n) is 12.6. The Morgan fingerprint density at radius 2 is 2.00 bits per heavy atom. The van der Waals surface area contributed by atoms with Crippen molar-refractivity contribution in [2.45, 2.75) is 40.2 Å². The normalized spacial score (nSPS) is 11.1. The van der Waals surface area contributed by atoms with Crippen molar-refractivity contribution in [1.82, 2.24) is 9.88 Å². The summed E-state index contributed by atoms with van der Waals surface area (Å²) in [6.45, 7) is 8.86. The number of carbonyl (C=O) groups excluding carboxylic acids is 1. The van der Waals surface area contributed by atoms with Gasteiger partial charge in [0.15, 0.2) is 0 Å². The highest BCUT2D eigenvalue weighted by atomic mass is 32.1.